The van der Waals surface area contributed by atoms with Crippen LogP contribution in [0.2, 0.25) is 0 Å². The number of anilines is 1. The van der Waals surface area contributed by atoms with Crippen LogP contribution in [0.25, 0.3) is 0 Å². The number of rotatable bonds is 5. The Kier molecular flexibility index (Phi) is 5.23. The fourth-order valence-electron chi connectivity index (χ4n) is 5.61. The summed E-state index contributed by atoms with van der Waals surface area (Å²) in [6.07, 6.45) is 5.67. The number of nitrogens with zero attached hydrogens (tertiary/aromatic N) is 4. The predicted molar refractivity (Wildman–Crippen MR) is 118 cm³/mol. The van der Waals surface area contributed by atoms with Gasteiger partial charge in [0.1, 0.15) is 11.5 Å². The maximum atomic E-state index is 14.5. The monoisotopic (exact) mass is 440 g/mol. The molecule has 2 N–H and O–H groups in total. The van der Waals surface area contributed by atoms with Crippen LogP contribution in [0.3, 0.4) is 0 Å². The molecule has 3 aliphatic rings. The number of carbonyl (C=O) groups excluding carboxylic acids is 1. The first-order valence-electron chi connectivity index (χ1n) is 11.4. The van der Waals surface area contributed by atoms with Crippen LogP contribution in [-0.2, 0) is 11.8 Å². The maximum Gasteiger partial charge on any atom is 0.269 e. The van der Waals surface area contributed by atoms with Crippen LogP contribution in [0.1, 0.15) is 48.1 Å². The van der Waals surface area contributed by atoms with Crippen molar-refractivity contribution < 1.29 is 9.18 Å². The number of halogens is 1. The van der Waals surface area contributed by atoms with Gasteiger partial charge in [-0.3, -0.25) is 14.5 Å². The first-order valence-corrected chi connectivity index (χ1v) is 11.4. The molecule has 32 heavy (non-hydrogen) atoms. The molecule has 2 saturated carbocycles. The minimum atomic E-state index is -0.605. The zero-order chi connectivity index (χ0) is 22.5. The highest BCUT2D eigenvalue weighted by Gasteiger charge is 2.63. The van der Waals surface area contributed by atoms with Crippen molar-refractivity contribution in [1.82, 2.24) is 25.2 Å². The number of pyridine rings is 1. The molecule has 0 bridgehead atoms. The van der Waals surface area contributed by atoms with Gasteiger partial charge >= 0.3 is 0 Å². The number of amides is 1. The lowest BCUT2D eigenvalue weighted by Crippen LogP contribution is -2.50. The van der Waals surface area contributed by atoms with Gasteiger partial charge in [-0.1, -0.05) is 6.92 Å². The van der Waals surface area contributed by atoms with Crippen molar-refractivity contribution in [3.63, 3.8) is 0 Å². The summed E-state index contributed by atoms with van der Waals surface area (Å²) in [4.78, 5) is 39.9. The number of aryl methyl sites for hydroxylation is 1. The van der Waals surface area contributed by atoms with Crippen molar-refractivity contribution in [3.8, 4) is 0 Å². The number of fused-ring (bicyclic) bond motifs is 1. The molecule has 0 aromatic carbocycles. The van der Waals surface area contributed by atoms with Gasteiger partial charge in [0.15, 0.2) is 0 Å². The van der Waals surface area contributed by atoms with E-state index in [1.807, 2.05) is 11.8 Å². The number of hydrogen-bond donors (Lipinski definition) is 2. The smallest absolute Gasteiger partial charge is 0.269 e. The molecule has 2 aromatic rings. The van der Waals surface area contributed by atoms with E-state index in [2.05, 4.69) is 25.2 Å². The Labute approximate surface area is 186 Å². The number of hydrogen-bond acceptors (Lipinski definition) is 6. The molecule has 3 fully saturated rings. The first kappa shape index (κ1) is 21.1. The number of nitrogens with one attached hydrogen (secondary N) is 2. The van der Waals surface area contributed by atoms with Gasteiger partial charge in [0, 0.05) is 56.4 Å². The van der Waals surface area contributed by atoms with E-state index in [0.717, 1.165) is 43.7 Å². The molecular weight excluding hydrogens is 411 g/mol. The topological polar surface area (TPSA) is 94.2 Å². The molecule has 1 aliphatic heterocycles. The Morgan fingerprint density at radius 2 is 2.06 bits per heavy atom. The third kappa shape index (κ3) is 3.48. The van der Waals surface area contributed by atoms with Crippen molar-refractivity contribution in [3.05, 3.63) is 51.7 Å². The van der Waals surface area contributed by atoms with Crippen LogP contribution in [-0.4, -0.2) is 65.0 Å². The van der Waals surface area contributed by atoms with Gasteiger partial charge in [0.05, 0.1) is 5.69 Å². The summed E-state index contributed by atoms with van der Waals surface area (Å²) >= 11 is 0. The molecule has 1 amide bonds. The maximum absolute atomic E-state index is 14.5. The average Bonchev–Trinajstić information content (AvgIpc) is 3.39. The third-order valence-corrected chi connectivity index (χ3v) is 7.57. The van der Waals surface area contributed by atoms with Crippen molar-refractivity contribution >= 4 is 11.6 Å². The number of H-pyrrole nitrogens is 1. The summed E-state index contributed by atoms with van der Waals surface area (Å²) in [5.74, 6) is 0.440. The molecule has 3 unspecified atom stereocenters. The second-order valence-corrected chi connectivity index (χ2v) is 9.20. The van der Waals surface area contributed by atoms with Gasteiger partial charge in [0.2, 0.25) is 5.95 Å². The Bertz CT molecular complexity index is 1100. The molecule has 170 valence electrons. The number of carbonyl (C=O) groups is 1. The Hall–Kier alpha value is -2.81. The fraction of sp³-hybridized carbons (Fsp3) is 0.565. The summed E-state index contributed by atoms with van der Waals surface area (Å²) in [5.41, 5.74) is 1.28. The van der Waals surface area contributed by atoms with Gasteiger partial charge in [-0.15, -0.1) is 0 Å². The minimum absolute atomic E-state index is 0.00679. The van der Waals surface area contributed by atoms with Crippen LogP contribution >= 0.6 is 0 Å². The Morgan fingerprint density at radius 3 is 2.72 bits per heavy atom. The van der Waals surface area contributed by atoms with Crippen molar-refractivity contribution in [2.24, 2.45) is 5.92 Å². The van der Waals surface area contributed by atoms with Gasteiger partial charge in [0.25, 0.3) is 11.5 Å². The normalized spacial score (nSPS) is 27.3. The summed E-state index contributed by atoms with van der Waals surface area (Å²) < 4.78 is 14.5. The van der Waals surface area contributed by atoms with E-state index in [0.29, 0.717) is 37.2 Å². The summed E-state index contributed by atoms with van der Waals surface area (Å²) in [6.45, 7) is 5.10. The largest absolute Gasteiger partial charge is 0.365 e. The van der Waals surface area contributed by atoms with Crippen LogP contribution < -0.4 is 15.8 Å². The van der Waals surface area contributed by atoms with Crippen LogP contribution in [0.15, 0.2) is 23.1 Å². The molecule has 2 aromatic heterocycles. The van der Waals surface area contributed by atoms with E-state index in [-0.39, 0.29) is 16.7 Å². The van der Waals surface area contributed by atoms with Crippen LogP contribution in [0, 0.1) is 11.9 Å². The molecule has 5 rings (SSSR count). The van der Waals surface area contributed by atoms with E-state index in [1.54, 1.807) is 18.3 Å². The lowest BCUT2D eigenvalue weighted by atomic mass is 9.99. The van der Waals surface area contributed by atoms with E-state index >= 15 is 0 Å². The second kappa shape index (κ2) is 7.95. The molecule has 1 saturated heterocycles. The van der Waals surface area contributed by atoms with Crippen LogP contribution in [0.5, 0.6) is 0 Å². The van der Waals surface area contributed by atoms with Gasteiger partial charge in [-0.05, 0) is 43.7 Å². The minimum Gasteiger partial charge on any atom is -0.365 e. The molecule has 0 spiro atoms. The summed E-state index contributed by atoms with van der Waals surface area (Å²) in [6, 6.07) is 3.67. The zero-order valence-corrected chi connectivity index (χ0v) is 18.5. The zero-order valence-electron chi connectivity index (χ0n) is 18.5. The molecule has 9 heteroatoms. The lowest BCUT2D eigenvalue weighted by Gasteiger charge is -2.39. The predicted octanol–water partition coefficient (Wildman–Crippen LogP) is 1.47. The Morgan fingerprint density at radius 1 is 1.28 bits per heavy atom. The first-order chi connectivity index (χ1) is 15.4. The van der Waals surface area contributed by atoms with Gasteiger partial charge in [-0.2, -0.15) is 4.39 Å². The highest BCUT2D eigenvalue weighted by molar-refractivity contribution is 5.92. The van der Waals surface area contributed by atoms with Crippen molar-refractivity contribution in [2.45, 2.75) is 44.1 Å². The SMILES string of the molecule is CCc1cnc(C23CC(N4CCN(c5ccc(C(=O)NC)nc5F)CC4)CC2C3)[nH]c1=O. The molecular formula is C23H29FN6O2. The van der Waals surface area contributed by atoms with Crippen molar-refractivity contribution in [1.29, 1.82) is 0 Å². The Balaban J connectivity index is 1.22. The summed E-state index contributed by atoms with van der Waals surface area (Å²) in [7, 11) is 1.50. The molecule has 8 nitrogen and oxygen atoms in total. The molecule has 0 radical (unpaired) electrons. The molecule has 3 atom stereocenters. The molecule has 2 aliphatic carbocycles. The average molecular weight is 441 g/mol. The fourth-order valence-corrected chi connectivity index (χ4v) is 5.61. The summed E-state index contributed by atoms with van der Waals surface area (Å²) in [5, 5.41) is 2.46. The van der Waals surface area contributed by atoms with Crippen LogP contribution in [0.4, 0.5) is 10.1 Å². The molecule has 3 heterocycles. The van der Waals surface area contributed by atoms with E-state index in [9.17, 15) is 14.0 Å². The highest BCUT2D eigenvalue weighted by Crippen LogP contribution is 2.64. The second-order valence-electron chi connectivity index (χ2n) is 9.20. The van der Waals surface area contributed by atoms with Gasteiger partial charge < -0.3 is 15.2 Å². The highest BCUT2D eigenvalue weighted by atomic mass is 19.1. The van der Waals surface area contributed by atoms with E-state index in [1.165, 1.54) is 7.05 Å². The van der Waals surface area contributed by atoms with Gasteiger partial charge in [-0.25, -0.2) is 9.97 Å². The number of piperazine rings is 1. The van der Waals surface area contributed by atoms with E-state index in [4.69, 9.17) is 0 Å². The standard InChI is InChI=1S/C23H29FN6O2/c1-3-14-13-26-22(28-20(14)31)23-11-15(23)10-16(12-23)29-6-8-30(9-7-29)18-5-4-17(21(32)25-2)27-19(18)24/h4-5,13,15-16H,3,6-12H2,1-2H3,(H,25,32)(H,26,28,31). The lowest BCUT2D eigenvalue weighted by molar-refractivity contribution is 0.0957. The van der Waals surface area contributed by atoms with Crippen molar-refractivity contribution in [2.75, 3.05) is 38.1 Å². The quantitative estimate of drug-likeness (QED) is 0.684. The number of aromatic amines is 1. The van der Waals surface area contributed by atoms with E-state index < -0.39 is 11.9 Å². The number of aromatic nitrogens is 3. The third-order valence-electron chi connectivity index (χ3n) is 7.57.